The number of fused-ring (bicyclic) bond motifs is 2. The minimum absolute atomic E-state index is 0.00337. The molecule has 2 atom stereocenters. The Hall–Kier alpha value is -5.18. The van der Waals surface area contributed by atoms with Crippen molar-refractivity contribution in [2.75, 3.05) is 43.5 Å². The standard InChI is InChI=1S/C46H54N8O5S/c1-29-33(20-48-54(29)28-45-23-43(2)22-44(3,24-45)26-46(25-43,27-45)59-19-18-52(4)16-15-37(47)55)31-12-13-38(50-39(31)41(57)58)53-17-14-30-8-7-9-32(34(30)21-53)40(56)51-42-49-35-10-5-6-11-36(35)60-42/h5-13,20H,14-19,21-28H2,1-4H3,(H2,47,55)(H,57,58)(H,49,51,56). The summed E-state index contributed by atoms with van der Waals surface area (Å²) >= 11 is 1.44. The van der Waals surface area contributed by atoms with Crippen molar-refractivity contribution >= 4 is 50.3 Å². The summed E-state index contributed by atoms with van der Waals surface area (Å²) < 4.78 is 9.99. The molecule has 0 spiro atoms. The number of carbonyl (C=O) groups excluding carboxylic acids is 2. The maximum atomic E-state index is 13.7. The first-order valence-corrected chi connectivity index (χ1v) is 21.8. The van der Waals surface area contributed by atoms with Crippen LogP contribution in [0.25, 0.3) is 21.3 Å². The van der Waals surface area contributed by atoms with E-state index >= 15 is 0 Å². The third kappa shape index (κ3) is 7.69. The number of nitrogens with zero attached hydrogens (tertiary/aromatic N) is 6. The molecule has 314 valence electrons. The van der Waals surface area contributed by atoms with Gasteiger partial charge in [0.2, 0.25) is 5.91 Å². The molecular weight excluding hydrogens is 777 g/mol. The molecule has 1 aliphatic heterocycles. The number of carboxylic acid groups (broad SMARTS) is 1. The van der Waals surface area contributed by atoms with Crippen LogP contribution in [0.3, 0.4) is 0 Å². The highest BCUT2D eigenvalue weighted by molar-refractivity contribution is 7.22. The fourth-order valence-corrected chi connectivity index (χ4v) is 13.1. The number of nitrogens with one attached hydrogen (secondary N) is 1. The third-order valence-corrected chi connectivity index (χ3v) is 14.5. The molecule has 4 N–H and O–H groups in total. The molecule has 14 heteroatoms. The average molecular weight is 831 g/mol. The van der Waals surface area contributed by atoms with Gasteiger partial charge in [-0.25, -0.2) is 14.8 Å². The Morgan fingerprint density at radius 1 is 0.950 bits per heavy atom. The Bertz CT molecular complexity index is 2460. The lowest BCUT2D eigenvalue weighted by molar-refractivity contribution is -0.248. The number of primary amides is 1. The minimum atomic E-state index is -1.10. The molecule has 4 heterocycles. The van der Waals surface area contributed by atoms with Gasteiger partial charge in [0.15, 0.2) is 10.8 Å². The second kappa shape index (κ2) is 15.1. The molecule has 4 fully saturated rings. The molecule has 0 saturated heterocycles. The third-order valence-electron chi connectivity index (χ3n) is 13.6. The summed E-state index contributed by atoms with van der Waals surface area (Å²) in [6.45, 7) is 10.7. The number of anilines is 2. The van der Waals surface area contributed by atoms with E-state index in [4.69, 9.17) is 20.6 Å². The number of pyridine rings is 1. The van der Waals surface area contributed by atoms with Crippen LogP contribution in [0.4, 0.5) is 10.9 Å². The molecule has 60 heavy (non-hydrogen) atoms. The zero-order valence-corrected chi connectivity index (χ0v) is 35.7. The molecule has 5 aromatic rings. The molecule has 2 unspecified atom stereocenters. The Morgan fingerprint density at radius 2 is 1.73 bits per heavy atom. The van der Waals surface area contributed by atoms with Crippen molar-refractivity contribution < 1.29 is 24.2 Å². The summed E-state index contributed by atoms with van der Waals surface area (Å²) in [5.41, 5.74) is 11.1. The molecule has 10 rings (SSSR count). The first-order valence-electron chi connectivity index (χ1n) is 21.0. The molecule has 3 aromatic heterocycles. The molecule has 13 nitrogen and oxygen atoms in total. The monoisotopic (exact) mass is 830 g/mol. The van der Waals surface area contributed by atoms with Gasteiger partial charge in [0, 0.05) is 61.5 Å². The molecule has 4 saturated carbocycles. The van der Waals surface area contributed by atoms with Crippen LogP contribution < -0.4 is 16.0 Å². The topological polar surface area (TPSA) is 169 Å². The molecule has 5 aliphatic rings. The van der Waals surface area contributed by atoms with E-state index in [9.17, 15) is 19.5 Å². The van der Waals surface area contributed by atoms with Gasteiger partial charge in [-0.15, -0.1) is 0 Å². The maximum absolute atomic E-state index is 13.7. The normalized spacial score (nSPS) is 25.5. The lowest BCUT2D eigenvalue weighted by Crippen LogP contribution is -2.64. The number of aromatic nitrogens is 4. The second-order valence-corrected chi connectivity index (χ2v) is 20.0. The highest BCUT2D eigenvalue weighted by Gasteiger charge is 2.66. The van der Waals surface area contributed by atoms with Crippen LogP contribution in [-0.4, -0.2) is 86.4 Å². The van der Waals surface area contributed by atoms with Gasteiger partial charge in [0.25, 0.3) is 5.91 Å². The number of thiazole rings is 1. The van der Waals surface area contributed by atoms with Gasteiger partial charge >= 0.3 is 5.97 Å². The van der Waals surface area contributed by atoms with Gasteiger partial charge in [-0.1, -0.05) is 49.4 Å². The van der Waals surface area contributed by atoms with Crippen LogP contribution in [0.2, 0.25) is 0 Å². The number of rotatable bonds is 14. The van der Waals surface area contributed by atoms with Crippen molar-refractivity contribution in [3.8, 4) is 11.1 Å². The largest absolute Gasteiger partial charge is 0.476 e. The summed E-state index contributed by atoms with van der Waals surface area (Å²) in [4.78, 5) is 51.4. The number of carbonyl (C=O) groups is 3. The van der Waals surface area contributed by atoms with Crippen LogP contribution in [0.5, 0.6) is 0 Å². The number of amides is 2. The molecule has 0 radical (unpaired) electrons. The fourth-order valence-electron chi connectivity index (χ4n) is 12.3. The highest BCUT2D eigenvalue weighted by Crippen LogP contribution is 2.72. The van der Waals surface area contributed by atoms with Crippen LogP contribution in [-0.2, 0) is 29.0 Å². The number of para-hydroxylation sites is 1. The summed E-state index contributed by atoms with van der Waals surface area (Å²) in [5.74, 6) is -1.07. The summed E-state index contributed by atoms with van der Waals surface area (Å²) in [6.07, 6.45) is 9.29. The number of aromatic carboxylic acids is 1. The lowest BCUT2D eigenvalue weighted by atomic mass is 9.39. The Morgan fingerprint density at radius 3 is 2.48 bits per heavy atom. The first kappa shape index (κ1) is 40.2. The highest BCUT2D eigenvalue weighted by atomic mass is 32.1. The molecule has 2 amide bonds. The van der Waals surface area contributed by atoms with E-state index in [1.807, 2.05) is 68.6 Å². The summed E-state index contributed by atoms with van der Waals surface area (Å²) in [7, 11) is 2.00. The number of benzene rings is 2. The minimum Gasteiger partial charge on any atom is -0.476 e. The van der Waals surface area contributed by atoms with Crippen LogP contribution in [0.1, 0.15) is 96.5 Å². The van der Waals surface area contributed by atoms with Crippen LogP contribution >= 0.6 is 11.3 Å². The van der Waals surface area contributed by atoms with Crippen molar-refractivity contribution in [1.82, 2.24) is 24.6 Å². The van der Waals surface area contributed by atoms with E-state index in [1.54, 1.807) is 6.20 Å². The Kier molecular flexibility index (Phi) is 10.1. The predicted molar refractivity (Wildman–Crippen MR) is 232 cm³/mol. The second-order valence-electron chi connectivity index (χ2n) is 19.0. The van der Waals surface area contributed by atoms with Crippen LogP contribution in [0.15, 0.2) is 60.8 Å². The van der Waals surface area contributed by atoms with Gasteiger partial charge in [0.05, 0.1) is 28.6 Å². The number of likely N-dealkylation sites (N-methyl/N-ethyl adjacent to an activating group) is 1. The Labute approximate surface area is 354 Å². The van der Waals surface area contributed by atoms with E-state index in [-0.39, 0.29) is 39.4 Å². The average Bonchev–Trinajstić information content (AvgIpc) is 3.76. The summed E-state index contributed by atoms with van der Waals surface area (Å²) in [5, 5.41) is 19.0. The van der Waals surface area contributed by atoms with Gasteiger partial charge in [0.1, 0.15) is 5.82 Å². The van der Waals surface area contributed by atoms with Gasteiger partial charge < -0.3 is 25.4 Å². The smallest absolute Gasteiger partial charge is 0.355 e. The SMILES string of the molecule is Cc1c(-c2ccc(N3CCc4cccc(C(=O)Nc5nc6ccccc6s5)c4C3)nc2C(=O)O)cnn1CC12CC3(C)CC(C)(C1)CC(OCCN(C)CCC(N)=O)(C3)C2. The predicted octanol–water partition coefficient (Wildman–Crippen LogP) is 7.32. The number of hydrogen-bond donors (Lipinski definition) is 3. The molecular formula is C46H54N8O5S. The molecule has 2 aromatic carbocycles. The zero-order valence-electron chi connectivity index (χ0n) is 34.9. The first-order chi connectivity index (χ1) is 28.6. The van der Waals surface area contributed by atoms with E-state index in [1.165, 1.54) is 17.8 Å². The maximum Gasteiger partial charge on any atom is 0.355 e. The Balaban J connectivity index is 0.931. The van der Waals surface area contributed by atoms with E-state index in [0.717, 1.165) is 77.8 Å². The van der Waals surface area contributed by atoms with E-state index < -0.39 is 5.97 Å². The number of ether oxygens (including phenoxy) is 1. The zero-order chi connectivity index (χ0) is 42.0. The van der Waals surface area contributed by atoms with Crippen molar-refractivity contribution in [3.05, 3.63) is 88.9 Å². The quantitative estimate of drug-likeness (QED) is 0.103. The number of carboxylic acids is 1. The van der Waals surface area contributed by atoms with Crippen molar-refractivity contribution in [2.45, 2.75) is 90.8 Å². The lowest BCUT2D eigenvalue weighted by Gasteiger charge is -2.69. The van der Waals surface area contributed by atoms with E-state index in [0.29, 0.717) is 61.2 Å². The van der Waals surface area contributed by atoms with Crippen molar-refractivity contribution in [1.29, 1.82) is 0 Å². The van der Waals surface area contributed by atoms with Crippen molar-refractivity contribution in [2.24, 2.45) is 22.0 Å². The van der Waals surface area contributed by atoms with Gasteiger partial charge in [-0.2, -0.15) is 5.10 Å². The van der Waals surface area contributed by atoms with Crippen molar-refractivity contribution in [3.63, 3.8) is 0 Å². The fraction of sp³-hybridized carbons (Fsp3) is 0.478. The van der Waals surface area contributed by atoms with Crippen LogP contribution in [0, 0.1) is 23.2 Å². The van der Waals surface area contributed by atoms with E-state index in [2.05, 4.69) is 38.6 Å². The summed E-state index contributed by atoms with van der Waals surface area (Å²) in [6, 6.07) is 17.3. The molecule has 4 bridgehead atoms. The molecule has 4 aliphatic carbocycles. The number of nitrogens with two attached hydrogens (primary N) is 1. The van der Waals surface area contributed by atoms with Gasteiger partial charge in [-0.05, 0) is 117 Å². The number of hydrogen-bond acceptors (Lipinski definition) is 10. The van der Waals surface area contributed by atoms with Gasteiger partial charge in [-0.3, -0.25) is 19.6 Å².